The molecule has 1 rings (SSSR count). The Hall–Kier alpha value is -0.480. The molecule has 0 aromatic carbocycles. The van der Waals surface area contributed by atoms with Crippen molar-refractivity contribution in [3.8, 4) is 0 Å². The molecule has 0 aliphatic rings. The molecule has 0 unspecified atom stereocenters. The number of rotatable bonds is 5. The lowest BCUT2D eigenvalue weighted by Gasteiger charge is -2.15. The van der Waals surface area contributed by atoms with Crippen LogP contribution in [0.15, 0.2) is 10.6 Å². The van der Waals surface area contributed by atoms with E-state index in [1.54, 1.807) is 7.11 Å². The maximum Gasteiger partial charge on any atom is 0.207 e. The van der Waals surface area contributed by atoms with E-state index >= 15 is 0 Å². The average Bonchev–Trinajstić information content (AvgIpc) is 2.65. The quantitative estimate of drug-likeness (QED) is 0.803. The molecule has 0 bridgehead atoms. The molecule has 0 radical (unpaired) electrons. The first-order chi connectivity index (χ1) is 7.84. The molecular weight excluding hydrogens is 234 g/mol. The molecular formula is C13H23NO2S. The normalized spacial score (nSPS) is 15.9. The predicted octanol–water partition coefficient (Wildman–Crippen LogP) is 3.80. The minimum Gasteiger partial charge on any atom is -0.444 e. The molecule has 1 aromatic heterocycles. The molecule has 0 saturated carbocycles. The maximum atomic E-state index is 5.82. The lowest BCUT2D eigenvalue weighted by atomic mass is 9.94. The van der Waals surface area contributed by atoms with Gasteiger partial charge in [0.1, 0.15) is 5.76 Å². The van der Waals surface area contributed by atoms with Crippen molar-refractivity contribution in [1.82, 2.24) is 4.98 Å². The van der Waals surface area contributed by atoms with Crippen LogP contribution in [0.4, 0.5) is 0 Å². The summed E-state index contributed by atoms with van der Waals surface area (Å²) in [5.41, 5.74) is 0.0216. The van der Waals surface area contributed by atoms with E-state index in [2.05, 4.69) is 39.6 Å². The summed E-state index contributed by atoms with van der Waals surface area (Å²) < 4.78 is 10.9. The Balaban J connectivity index is 2.64. The number of hydrogen-bond donors (Lipinski definition) is 0. The minimum atomic E-state index is 0.0216. The van der Waals surface area contributed by atoms with Gasteiger partial charge in [-0.2, -0.15) is 0 Å². The van der Waals surface area contributed by atoms with E-state index in [-0.39, 0.29) is 10.7 Å². The van der Waals surface area contributed by atoms with Crippen LogP contribution in [0, 0.1) is 0 Å². The summed E-state index contributed by atoms with van der Waals surface area (Å²) in [5.74, 6) is 1.75. The van der Waals surface area contributed by atoms with Crippen LogP contribution in [0.3, 0.4) is 0 Å². The zero-order valence-corrected chi connectivity index (χ0v) is 12.4. The van der Waals surface area contributed by atoms with Gasteiger partial charge in [-0.05, 0) is 6.92 Å². The number of oxazole rings is 1. The first-order valence-corrected chi connectivity index (χ1v) is 6.89. The van der Waals surface area contributed by atoms with Crippen molar-refractivity contribution >= 4 is 11.8 Å². The summed E-state index contributed by atoms with van der Waals surface area (Å²) in [4.78, 5) is 4.37. The van der Waals surface area contributed by atoms with Crippen LogP contribution in [0.2, 0.25) is 0 Å². The van der Waals surface area contributed by atoms with Gasteiger partial charge in [0.2, 0.25) is 5.89 Å². The number of thioether (sulfide) groups is 1. The molecule has 1 heterocycles. The Kier molecular flexibility index (Phi) is 5.07. The fourth-order valence-corrected chi connectivity index (χ4v) is 2.64. The number of aromatic nitrogens is 1. The summed E-state index contributed by atoms with van der Waals surface area (Å²) >= 11 is 1.82. The molecule has 0 fully saturated rings. The van der Waals surface area contributed by atoms with Gasteiger partial charge < -0.3 is 9.15 Å². The highest BCUT2D eigenvalue weighted by Crippen LogP contribution is 2.33. The monoisotopic (exact) mass is 257 g/mol. The van der Waals surface area contributed by atoms with E-state index in [0.717, 1.165) is 18.3 Å². The molecule has 2 atom stereocenters. The average molecular weight is 257 g/mol. The lowest BCUT2D eigenvalue weighted by molar-refractivity contribution is 0.202. The van der Waals surface area contributed by atoms with Gasteiger partial charge in [-0.3, -0.25) is 0 Å². The summed E-state index contributed by atoms with van der Waals surface area (Å²) in [5, 5.41) is 0.705. The summed E-state index contributed by atoms with van der Waals surface area (Å²) in [6.45, 7) is 11.4. The van der Waals surface area contributed by atoms with Gasteiger partial charge in [0.25, 0.3) is 0 Å². The predicted molar refractivity (Wildman–Crippen MR) is 72.5 cm³/mol. The Bertz CT molecular complexity index is 343. The molecule has 0 saturated heterocycles. The van der Waals surface area contributed by atoms with Crippen LogP contribution < -0.4 is 0 Å². The van der Waals surface area contributed by atoms with E-state index in [9.17, 15) is 0 Å². The fraction of sp³-hybridized carbons (Fsp3) is 0.769. The van der Waals surface area contributed by atoms with Crippen molar-refractivity contribution in [2.24, 2.45) is 0 Å². The minimum absolute atomic E-state index is 0.0216. The zero-order valence-electron chi connectivity index (χ0n) is 11.6. The van der Waals surface area contributed by atoms with Crippen LogP contribution in [0.5, 0.6) is 0 Å². The number of methoxy groups -OCH3 is 1. The van der Waals surface area contributed by atoms with E-state index in [1.165, 1.54) is 0 Å². The van der Waals surface area contributed by atoms with E-state index < -0.39 is 0 Å². The Morgan fingerprint density at radius 3 is 2.53 bits per heavy atom. The molecule has 3 nitrogen and oxygen atoms in total. The smallest absolute Gasteiger partial charge is 0.207 e. The molecule has 0 aliphatic carbocycles. The highest BCUT2D eigenvalue weighted by molar-refractivity contribution is 8.00. The van der Waals surface area contributed by atoms with Gasteiger partial charge in [-0.1, -0.05) is 27.7 Å². The lowest BCUT2D eigenvalue weighted by Crippen LogP contribution is -2.09. The summed E-state index contributed by atoms with van der Waals surface area (Å²) in [7, 11) is 1.73. The Morgan fingerprint density at radius 1 is 1.41 bits per heavy atom. The van der Waals surface area contributed by atoms with Crippen molar-refractivity contribution in [2.75, 3.05) is 13.7 Å². The zero-order chi connectivity index (χ0) is 13.1. The van der Waals surface area contributed by atoms with Crippen LogP contribution >= 0.6 is 11.8 Å². The van der Waals surface area contributed by atoms with Crippen molar-refractivity contribution < 1.29 is 9.15 Å². The largest absolute Gasteiger partial charge is 0.444 e. The van der Waals surface area contributed by atoms with Crippen molar-refractivity contribution in [2.45, 2.75) is 50.5 Å². The SMILES string of the molecule is COC[C@H](C)S[C@@H](C)c1ncc(C(C)(C)C)o1. The second kappa shape index (κ2) is 5.91. The van der Waals surface area contributed by atoms with Gasteiger partial charge in [0.05, 0.1) is 18.1 Å². The maximum absolute atomic E-state index is 5.82. The second-order valence-corrected chi connectivity index (χ2v) is 7.14. The third-order valence-electron chi connectivity index (χ3n) is 2.45. The van der Waals surface area contributed by atoms with Crippen LogP contribution in [-0.4, -0.2) is 24.0 Å². The molecule has 17 heavy (non-hydrogen) atoms. The topological polar surface area (TPSA) is 35.3 Å². The highest BCUT2D eigenvalue weighted by Gasteiger charge is 2.22. The van der Waals surface area contributed by atoms with Gasteiger partial charge in [-0.25, -0.2) is 4.98 Å². The second-order valence-electron chi connectivity index (χ2n) is 5.36. The number of nitrogens with zero attached hydrogens (tertiary/aromatic N) is 1. The molecule has 4 heteroatoms. The molecule has 98 valence electrons. The van der Waals surface area contributed by atoms with Crippen LogP contribution in [-0.2, 0) is 10.2 Å². The molecule has 0 N–H and O–H groups in total. The highest BCUT2D eigenvalue weighted by atomic mass is 32.2. The molecule has 1 aromatic rings. The molecule has 0 spiro atoms. The number of hydrogen-bond acceptors (Lipinski definition) is 4. The fourth-order valence-electron chi connectivity index (χ4n) is 1.50. The Labute approximate surface area is 108 Å². The Morgan fingerprint density at radius 2 is 2.06 bits per heavy atom. The summed E-state index contributed by atoms with van der Waals surface area (Å²) in [6, 6.07) is 0. The third-order valence-corrected chi connectivity index (χ3v) is 3.66. The first-order valence-electron chi connectivity index (χ1n) is 5.95. The van der Waals surface area contributed by atoms with E-state index in [0.29, 0.717) is 5.25 Å². The summed E-state index contributed by atoms with van der Waals surface area (Å²) in [6.07, 6.45) is 1.84. The molecule has 0 amide bonds. The van der Waals surface area contributed by atoms with E-state index in [1.807, 2.05) is 18.0 Å². The number of ether oxygens (including phenoxy) is 1. The van der Waals surface area contributed by atoms with Crippen molar-refractivity contribution in [3.05, 3.63) is 17.8 Å². The van der Waals surface area contributed by atoms with E-state index in [4.69, 9.17) is 9.15 Å². The van der Waals surface area contributed by atoms with Crippen LogP contribution in [0.25, 0.3) is 0 Å². The van der Waals surface area contributed by atoms with Gasteiger partial charge >= 0.3 is 0 Å². The third kappa shape index (κ3) is 4.36. The van der Waals surface area contributed by atoms with Crippen molar-refractivity contribution in [3.63, 3.8) is 0 Å². The van der Waals surface area contributed by atoms with Crippen molar-refractivity contribution in [1.29, 1.82) is 0 Å². The van der Waals surface area contributed by atoms with Gasteiger partial charge in [0, 0.05) is 17.8 Å². The first kappa shape index (κ1) is 14.6. The van der Waals surface area contributed by atoms with Gasteiger partial charge in [0.15, 0.2) is 0 Å². The van der Waals surface area contributed by atoms with Gasteiger partial charge in [-0.15, -0.1) is 11.8 Å². The molecule has 0 aliphatic heterocycles. The standard InChI is InChI=1S/C13H23NO2S/c1-9(8-15-6)17-10(2)12-14-7-11(16-12)13(3,4)5/h7,9-10H,8H2,1-6H3/t9-,10-/m0/s1. The van der Waals surface area contributed by atoms with Crippen LogP contribution in [0.1, 0.15) is 51.5 Å².